The zero-order chi connectivity index (χ0) is 13.0. The molecule has 0 fully saturated rings. The van der Waals surface area contributed by atoms with Crippen LogP contribution in [0, 0.1) is 5.82 Å². The average molecular weight is 248 g/mol. The van der Waals surface area contributed by atoms with E-state index in [0.717, 1.165) is 37.2 Å². The van der Waals surface area contributed by atoms with Gasteiger partial charge < -0.3 is 5.32 Å². The third-order valence-electron chi connectivity index (χ3n) is 3.41. The van der Waals surface area contributed by atoms with Crippen molar-refractivity contribution in [2.24, 2.45) is 0 Å². The molecular formula is C15H21FN2. The number of nitrogens with one attached hydrogen (secondary N) is 1. The molecule has 0 aliphatic carbocycles. The van der Waals surface area contributed by atoms with E-state index in [9.17, 15) is 4.39 Å². The molecule has 0 saturated carbocycles. The van der Waals surface area contributed by atoms with Crippen LogP contribution in [0.3, 0.4) is 0 Å². The highest BCUT2D eigenvalue weighted by molar-refractivity contribution is 5.25. The third-order valence-corrected chi connectivity index (χ3v) is 3.41. The molecule has 0 bridgehead atoms. The minimum atomic E-state index is -0.0962. The van der Waals surface area contributed by atoms with Crippen LogP contribution in [0.5, 0.6) is 0 Å². The Hall–Kier alpha value is -1.19. The third kappa shape index (κ3) is 3.40. The van der Waals surface area contributed by atoms with E-state index in [0.29, 0.717) is 6.54 Å². The lowest BCUT2D eigenvalue weighted by Gasteiger charge is -2.25. The van der Waals surface area contributed by atoms with Gasteiger partial charge in [-0.15, -0.1) is 0 Å². The fourth-order valence-corrected chi connectivity index (χ4v) is 2.26. The number of rotatable bonds is 4. The number of hydrogen-bond donors (Lipinski definition) is 1. The van der Waals surface area contributed by atoms with Crippen LogP contribution in [-0.2, 0) is 13.1 Å². The molecule has 2 nitrogen and oxygen atoms in total. The average Bonchev–Trinajstić information content (AvgIpc) is 2.36. The number of halogens is 1. The Morgan fingerprint density at radius 2 is 2.22 bits per heavy atom. The summed E-state index contributed by atoms with van der Waals surface area (Å²) in [7, 11) is 1.90. The van der Waals surface area contributed by atoms with Gasteiger partial charge in [0.05, 0.1) is 0 Å². The molecule has 1 N–H and O–H groups in total. The van der Waals surface area contributed by atoms with Crippen LogP contribution >= 0.6 is 0 Å². The van der Waals surface area contributed by atoms with E-state index < -0.39 is 0 Å². The van der Waals surface area contributed by atoms with Gasteiger partial charge in [-0.3, -0.25) is 4.90 Å². The van der Waals surface area contributed by atoms with Gasteiger partial charge in [0.15, 0.2) is 0 Å². The van der Waals surface area contributed by atoms with Crippen LogP contribution in [0.1, 0.15) is 24.5 Å². The fourth-order valence-electron chi connectivity index (χ4n) is 2.26. The maximum absolute atomic E-state index is 13.8. The first-order chi connectivity index (χ1) is 8.69. The summed E-state index contributed by atoms with van der Waals surface area (Å²) in [6.07, 6.45) is 3.33. The molecule has 1 aliphatic heterocycles. The summed E-state index contributed by atoms with van der Waals surface area (Å²) in [6.45, 7) is 5.60. The van der Waals surface area contributed by atoms with Gasteiger partial charge in [0.2, 0.25) is 0 Å². The minimum Gasteiger partial charge on any atom is -0.316 e. The van der Waals surface area contributed by atoms with Crippen molar-refractivity contribution in [3.8, 4) is 0 Å². The Bertz CT molecular complexity index is 440. The Balaban J connectivity index is 2.06. The van der Waals surface area contributed by atoms with Gasteiger partial charge in [0.1, 0.15) is 5.82 Å². The first kappa shape index (κ1) is 13.2. The Morgan fingerprint density at radius 1 is 1.39 bits per heavy atom. The summed E-state index contributed by atoms with van der Waals surface area (Å²) in [5.74, 6) is -0.0962. The predicted octanol–water partition coefficient (Wildman–Crippen LogP) is 2.70. The molecule has 1 aromatic rings. The molecule has 0 spiro atoms. The fraction of sp³-hybridized carbons (Fsp3) is 0.467. The molecule has 0 aromatic heterocycles. The van der Waals surface area contributed by atoms with Crippen molar-refractivity contribution in [1.29, 1.82) is 0 Å². The summed E-state index contributed by atoms with van der Waals surface area (Å²) in [5, 5.41) is 3.09. The number of benzene rings is 1. The van der Waals surface area contributed by atoms with Gasteiger partial charge in [0.25, 0.3) is 0 Å². The first-order valence-corrected chi connectivity index (χ1v) is 6.49. The highest BCUT2D eigenvalue weighted by atomic mass is 19.1. The van der Waals surface area contributed by atoms with Gasteiger partial charge in [0, 0.05) is 31.7 Å². The van der Waals surface area contributed by atoms with E-state index in [1.807, 2.05) is 19.2 Å². The van der Waals surface area contributed by atoms with Crippen molar-refractivity contribution >= 4 is 0 Å². The van der Waals surface area contributed by atoms with E-state index in [1.165, 1.54) is 5.57 Å². The molecule has 18 heavy (non-hydrogen) atoms. The monoisotopic (exact) mass is 248 g/mol. The second kappa shape index (κ2) is 6.12. The summed E-state index contributed by atoms with van der Waals surface area (Å²) in [6, 6.07) is 5.39. The van der Waals surface area contributed by atoms with Crippen molar-refractivity contribution in [2.75, 3.05) is 20.1 Å². The van der Waals surface area contributed by atoms with Crippen molar-refractivity contribution in [3.63, 3.8) is 0 Å². The lowest BCUT2D eigenvalue weighted by Crippen LogP contribution is -2.28. The van der Waals surface area contributed by atoms with E-state index in [4.69, 9.17) is 0 Å². The molecule has 1 heterocycles. The summed E-state index contributed by atoms with van der Waals surface area (Å²) < 4.78 is 13.8. The van der Waals surface area contributed by atoms with Crippen LogP contribution in [0.4, 0.5) is 4.39 Å². The Kier molecular flexibility index (Phi) is 4.50. The van der Waals surface area contributed by atoms with Gasteiger partial charge in [-0.1, -0.05) is 23.8 Å². The topological polar surface area (TPSA) is 15.3 Å². The summed E-state index contributed by atoms with van der Waals surface area (Å²) in [5.41, 5.74) is 3.38. The van der Waals surface area contributed by atoms with Gasteiger partial charge in [-0.25, -0.2) is 4.39 Å². The normalized spacial score (nSPS) is 16.7. The molecular weight excluding hydrogens is 227 g/mol. The van der Waals surface area contributed by atoms with Crippen LogP contribution in [0.25, 0.3) is 0 Å². The molecule has 1 aromatic carbocycles. The molecule has 0 unspecified atom stereocenters. The quantitative estimate of drug-likeness (QED) is 0.824. The van der Waals surface area contributed by atoms with Crippen LogP contribution in [-0.4, -0.2) is 25.0 Å². The maximum Gasteiger partial charge on any atom is 0.127 e. The predicted molar refractivity (Wildman–Crippen MR) is 72.8 cm³/mol. The van der Waals surface area contributed by atoms with Crippen molar-refractivity contribution < 1.29 is 4.39 Å². The molecule has 2 rings (SSSR count). The summed E-state index contributed by atoms with van der Waals surface area (Å²) >= 11 is 0. The molecule has 0 atom stereocenters. The second-order valence-corrected chi connectivity index (χ2v) is 4.99. The molecule has 0 amide bonds. The van der Waals surface area contributed by atoms with Gasteiger partial charge in [-0.05, 0) is 32.0 Å². The largest absolute Gasteiger partial charge is 0.316 e. The Morgan fingerprint density at radius 3 is 2.89 bits per heavy atom. The summed E-state index contributed by atoms with van der Waals surface area (Å²) in [4.78, 5) is 2.29. The van der Waals surface area contributed by atoms with Crippen LogP contribution in [0.15, 0.2) is 29.8 Å². The minimum absolute atomic E-state index is 0.0962. The van der Waals surface area contributed by atoms with E-state index in [2.05, 4.69) is 23.2 Å². The molecule has 98 valence electrons. The Labute approximate surface area is 108 Å². The lowest BCUT2D eigenvalue weighted by atomic mass is 10.1. The van der Waals surface area contributed by atoms with Crippen molar-refractivity contribution in [3.05, 3.63) is 46.8 Å². The molecule has 0 saturated heterocycles. The smallest absolute Gasteiger partial charge is 0.127 e. The highest BCUT2D eigenvalue weighted by Crippen LogP contribution is 2.16. The lowest BCUT2D eigenvalue weighted by molar-refractivity contribution is 0.281. The van der Waals surface area contributed by atoms with E-state index in [1.54, 1.807) is 6.07 Å². The van der Waals surface area contributed by atoms with Crippen LogP contribution in [0.2, 0.25) is 0 Å². The van der Waals surface area contributed by atoms with Crippen molar-refractivity contribution in [1.82, 2.24) is 10.2 Å². The highest BCUT2D eigenvalue weighted by Gasteiger charge is 2.12. The zero-order valence-electron chi connectivity index (χ0n) is 11.2. The van der Waals surface area contributed by atoms with Gasteiger partial charge in [-0.2, -0.15) is 0 Å². The number of hydrogen-bond acceptors (Lipinski definition) is 2. The van der Waals surface area contributed by atoms with Gasteiger partial charge >= 0.3 is 0 Å². The second-order valence-electron chi connectivity index (χ2n) is 4.99. The van der Waals surface area contributed by atoms with Crippen molar-refractivity contribution in [2.45, 2.75) is 26.4 Å². The van der Waals surface area contributed by atoms with Crippen LogP contribution < -0.4 is 5.32 Å². The van der Waals surface area contributed by atoms with E-state index >= 15 is 0 Å². The first-order valence-electron chi connectivity index (χ1n) is 6.49. The molecule has 1 aliphatic rings. The molecule has 3 heteroatoms. The SMILES string of the molecule is CNCc1ccc(F)c(CN2CC=C(C)CC2)c1. The zero-order valence-corrected chi connectivity index (χ0v) is 11.2. The number of nitrogens with zero attached hydrogens (tertiary/aromatic N) is 1. The van der Waals surface area contributed by atoms with E-state index in [-0.39, 0.29) is 5.82 Å². The maximum atomic E-state index is 13.8. The standard InChI is InChI=1S/C15H21FN2/c1-12-5-7-18(8-6-12)11-14-9-13(10-17-2)3-4-15(14)16/h3-5,9,17H,6-8,10-11H2,1-2H3. The molecule has 0 radical (unpaired) electrons.